The van der Waals surface area contributed by atoms with Crippen LogP contribution >= 0.6 is 0 Å². The molecule has 1 aromatic rings. The van der Waals surface area contributed by atoms with Gasteiger partial charge in [0.1, 0.15) is 11.4 Å². The number of hydrogen-bond acceptors (Lipinski definition) is 4. The first kappa shape index (κ1) is 9.61. The van der Waals surface area contributed by atoms with Crippen molar-refractivity contribution in [2.75, 3.05) is 13.6 Å². The molecule has 78 valence electrons. The van der Waals surface area contributed by atoms with Crippen LogP contribution < -0.4 is 0 Å². The molecule has 0 saturated carbocycles. The Hall–Kier alpha value is -0.940. The fourth-order valence-electron chi connectivity index (χ4n) is 1.73. The van der Waals surface area contributed by atoms with E-state index in [9.17, 15) is 5.11 Å². The fraction of sp³-hybridized carbons (Fsp3) is 0.778. The SMILES string of the molecule is CN1CCn2c(nnc2C(C)(C)O)C1. The second-order valence-electron chi connectivity index (χ2n) is 4.39. The van der Waals surface area contributed by atoms with Gasteiger partial charge in [0.2, 0.25) is 0 Å². The zero-order valence-electron chi connectivity index (χ0n) is 8.86. The number of rotatable bonds is 1. The van der Waals surface area contributed by atoms with Crippen molar-refractivity contribution in [1.82, 2.24) is 19.7 Å². The molecule has 0 amide bonds. The van der Waals surface area contributed by atoms with Crippen LogP contribution in [0.25, 0.3) is 0 Å². The second-order valence-corrected chi connectivity index (χ2v) is 4.39. The highest BCUT2D eigenvalue weighted by Crippen LogP contribution is 2.20. The van der Waals surface area contributed by atoms with E-state index in [1.165, 1.54) is 0 Å². The number of likely N-dealkylation sites (N-methyl/N-ethyl adjacent to an activating group) is 1. The molecule has 0 aromatic carbocycles. The van der Waals surface area contributed by atoms with Crippen molar-refractivity contribution in [3.05, 3.63) is 11.6 Å². The maximum atomic E-state index is 9.86. The Kier molecular flexibility index (Phi) is 2.08. The van der Waals surface area contributed by atoms with Crippen LogP contribution in [0.5, 0.6) is 0 Å². The summed E-state index contributed by atoms with van der Waals surface area (Å²) >= 11 is 0. The van der Waals surface area contributed by atoms with Crippen molar-refractivity contribution in [3.63, 3.8) is 0 Å². The molecule has 0 radical (unpaired) electrons. The molecule has 0 unspecified atom stereocenters. The van der Waals surface area contributed by atoms with E-state index in [1.54, 1.807) is 13.8 Å². The van der Waals surface area contributed by atoms with Gasteiger partial charge in [-0.3, -0.25) is 4.90 Å². The van der Waals surface area contributed by atoms with Crippen LogP contribution in [-0.4, -0.2) is 38.4 Å². The van der Waals surface area contributed by atoms with Crippen molar-refractivity contribution < 1.29 is 5.11 Å². The summed E-state index contributed by atoms with van der Waals surface area (Å²) in [6, 6.07) is 0. The van der Waals surface area contributed by atoms with Gasteiger partial charge in [-0.2, -0.15) is 0 Å². The topological polar surface area (TPSA) is 54.2 Å². The van der Waals surface area contributed by atoms with E-state index in [-0.39, 0.29) is 0 Å². The lowest BCUT2D eigenvalue weighted by atomic mass is 10.1. The zero-order chi connectivity index (χ0) is 10.3. The number of aromatic nitrogens is 3. The van der Waals surface area contributed by atoms with Crippen molar-refractivity contribution in [3.8, 4) is 0 Å². The van der Waals surface area contributed by atoms with Gasteiger partial charge in [-0.25, -0.2) is 0 Å². The van der Waals surface area contributed by atoms with Crippen molar-refractivity contribution in [2.45, 2.75) is 32.5 Å². The van der Waals surface area contributed by atoms with Gasteiger partial charge >= 0.3 is 0 Å². The number of aliphatic hydroxyl groups is 1. The zero-order valence-corrected chi connectivity index (χ0v) is 8.86. The molecular weight excluding hydrogens is 180 g/mol. The van der Waals surface area contributed by atoms with Gasteiger partial charge in [0.05, 0.1) is 6.54 Å². The first-order chi connectivity index (χ1) is 6.48. The molecule has 1 N–H and O–H groups in total. The molecule has 0 saturated heterocycles. The largest absolute Gasteiger partial charge is 0.382 e. The first-order valence-electron chi connectivity index (χ1n) is 4.82. The van der Waals surface area contributed by atoms with Crippen LogP contribution in [0, 0.1) is 0 Å². The van der Waals surface area contributed by atoms with E-state index < -0.39 is 5.60 Å². The smallest absolute Gasteiger partial charge is 0.164 e. The molecular formula is C9H16N4O. The molecule has 5 heteroatoms. The van der Waals surface area contributed by atoms with E-state index in [4.69, 9.17) is 0 Å². The van der Waals surface area contributed by atoms with Crippen LogP contribution in [0.4, 0.5) is 0 Å². The average molecular weight is 196 g/mol. The molecule has 14 heavy (non-hydrogen) atoms. The van der Waals surface area contributed by atoms with Crippen LogP contribution in [-0.2, 0) is 18.7 Å². The number of fused-ring (bicyclic) bond motifs is 1. The summed E-state index contributed by atoms with van der Waals surface area (Å²) in [5.74, 6) is 1.61. The Labute approximate surface area is 83.4 Å². The lowest BCUT2D eigenvalue weighted by Gasteiger charge is -2.26. The molecule has 0 spiro atoms. The lowest BCUT2D eigenvalue weighted by Crippen LogP contribution is -2.33. The third-order valence-corrected chi connectivity index (χ3v) is 2.49. The maximum Gasteiger partial charge on any atom is 0.164 e. The predicted molar refractivity (Wildman–Crippen MR) is 51.6 cm³/mol. The number of hydrogen-bond donors (Lipinski definition) is 1. The quantitative estimate of drug-likeness (QED) is 0.684. The van der Waals surface area contributed by atoms with Crippen LogP contribution in [0.3, 0.4) is 0 Å². The second kappa shape index (κ2) is 3.03. The Bertz CT molecular complexity index is 339. The minimum absolute atomic E-state index is 0.667. The van der Waals surface area contributed by atoms with Crippen LogP contribution in [0.15, 0.2) is 0 Å². The van der Waals surface area contributed by atoms with Crippen LogP contribution in [0.2, 0.25) is 0 Å². The molecule has 2 heterocycles. The maximum absolute atomic E-state index is 9.86. The summed E-state index contributed by atoms with van der Waals surface area (Å²) in [7, 11) is 2.06. The minimum Gasteiger partial charge on any atom is -0.382 e. The molecule has 0 atom stereocenters. The van der Waals surface area contributed by atoms with Gasteiger partial charge in [0.15, 0.2) is 5.82 Å². The van der Waals surface area contributed by atoms with Gasteiger partial charge in [-0.1, -0.05) is 0 Å². The molecule has 0 aliphatic carbocycles. The fourth-order valence-corrected chi connectivity index (χ4v) is 1.73. The predicted octanol–water partition coefficient (Wildman–Crippen LogP) is -0.0491. The third kappa shape index (κ3) is 1.53. The summed E-state index contributed by atoms with van der Waals surface area (Å²) in [5, 5.41) is 18.0. The Morgan fingerprint density at radius 1 is 1.29 bits per heavy atom. The highest BCUT2D eigenvalue weighted by Gasteiger charge is 2.27. The van der Waals surface area contributed by atoms with E-state index in [1.807, 2.05) is 4.57 Å². The Morgan fingerprint density at radius 3 is 2.64 bits per heavy atom. The van der Waals surface area contributed by atoms with E-state index in [0.717, 1.165) is 25.5 Å². The summed E-state index contributed by atoms with van der Waals surface area (Å²) < 4.78 is 2.01. The number of nitrogens with zero attached hydrogens (tertiary/aromatic N) is 4. The normalized spacial score (nSPS) is 18.3. The summed E-state index contributed by atoms with van der Waals surface area (Å²) in [6.45, 7) is 6.13. The third-order valence-electron chi connectivity index (χ3n) is 2.49. The molecule has 2 rings (SSSR count). The van der Waals surface area contributed by atoms with Gasteiger partial charge in [-0.15, -0.1) is 10.2 Å². The average Bonchev–Trinajstić information content (AvgIpc) is 2.45. The first-order valence-corrected chi connectivity index (χ1v) is 4.82. The van der Waals surface area contributed by atoms with Crippen molar-refractivity contribution in [1.29, 1.82) is 0 Å². The Balaban J connectivity index is 2.38. The van der Waals surface area contributed by atoms with Gasteiger partial charge < -0.3 is 9.67 Å². The van der Waals surface area contributed by atoms with Gasteiger partial charge in [0, 0.05) is 13.1 Å². The molecule has 1 aromatic heterocycles. The summed E-state index contributed by atoms with van der Waals surface area (Å²) in [6.07, 6.45) is 0. The van der Waals surface area contributed by atoms with Crippen LogP contribution in [0.1, 0.15) is 25.5 Å². The summed E-state index contributed by atoms with van der Waals surface area (Å²) in [5.41, 5.74) is -0.902. The molecule has 1 aliphatic rings. The van der Waals surface area contributed by atoms with Crippen molar-refractivity contribution >= 4 is 0 Å². The Morgan fingerprint density at radius 2 is 2.00 bits per heavy atom. The highest BCUT2D eigenvalue weighted by molar-refractivity contribution is 5.05. The minimum atomic E-state index is -0.902. The molecule has 0 bridgehead atoms. The summed E-state index contributed by atoms with van der Waals surface area (Å²) in [4.78, 5) is 2.19. The van der Waals surface area contributed by atoms with E-state index in [2.05, 4.69) is 22.1 Å². The standard InChI is InChI=1S/C9H16N4O/c1-9(2,14)8-11-10-7-6-12(3)4-5-13(7)8/h14H,4-6H2,1-3H3. The molecule has 0 fully saturated rings. The van der Waals surface area contributed by atoms with Crippen molar-refractivity contribution in [2.24, 2.45) is 0 Å². The van der Waals surface area contributed by atoms with Gasteiger partial charge in [-0.05, 0) is 20.9 Å². The molecule has 1 aliphatic heterocycles. The van der Waals surface area contributed by atoms with E-state index >= 15 is 0 Å². The molecule has 5 nitrogen and oxygen atoms in total. The van der Waals surface area contributed by atoms with Gasteiger partial charge in [0.25, 0.3) is 0 Å². The lowest BCUT2D eigenvalue weighted by molar-refractivity contribution is 0.0622. The monoisotopic (exact) mass is 196 g/mol. The van der Waals surface area contributed by atoms with E-state index in [0.29, 0.717) is 5.82 Å². The highest BCUT2D eigenvalue weighted by atomic mass is 16.3.